The van der Waals surface area contributed by atoms with Crippen molar-refractivity contribution in [1.82, 2.24) is 15.3 Å². The summed E-state index contributed by atoms with van der Waals surface area (Å²) in [5.41, 5.74) is 0. The quantitative estimate of drug-likeness (QED) is 0.545. The maximum Gasteiger partial charge on any atom is 0.324 e. The number of urea groups is 1. The summed E-state index contributed by atoms with van der Waals surface area (Å²) in [5, 5.41) is 3.04. The van der Waals surface area contributed by atoms with Gasteiger partial charge in [-0.2, -0.15) is 0 Å². The average Bonchev–Trinajstić information content (AvgIpc) is 2.33. The number of carbonyl (C=O) groups excluding carboxylic acids is 3. The normalized spacial score (nSPS) is 10.1. The molecule has 0 unspecified atom stereocenters. The molecule has 0 heterocycles. The number of rotatable bonds is 4. The van der Waals surface area contributed by atoms with Crippen LogP contribution in [-0.4, -0.2) is 55.6 Å². The summed E-state index contributed by atoms with van der Waals surface area (Å²) >= 11 is 0. The Labute approximate surface area is 100.0 Å². The summed E-state index contributed by atoms with van der Waals surface area (Å²) in [6.07, 6.45) is 1.98. The SMILES string of the molecule is CCN(C)C(=O)NC(=O)/C=C/C(=O)N(C)OC. The monoisotopic (exact) mass is 243 g/mol. The van der Waals surface area contributed by atoms with Gasteiger partial charge in [0.1, 0.15) is 0 Å². The van der Waals surface area contributed by atoms with Crippen molar-refractivity contribution in [2.75, 3.05) is 27.7 Å². The van der Waals surface area contributed by atoms with E-state index in [2.05, 4.69) is 10.2 Å². The lowest BCUT2D eigenvalue weighted by atomic mass is 10.4. The third-order valence-corrected chi connectivity index (χ3v) is 2.01. The largest absolute Gasteiger partial charge is 0.328 e. The van der Waals surface area contributed by atoms with Crippen LogP contribution in [0.25, 0.3) is 0 Å². The van der Waals surface area contributed by atoms with Gasteiger partial charge in [-0.15, -0.1) is 0 Å². The molecular formula is C10H17N3O4. The van der Waals surface area contributed by atoms with E-state index in [0.717, 1.165) is 17.2 Å². The van der Waals surface area contributed by atoms with Crippen LogP contribution in [0, 0.1) is 0 Å². The average molecular weight is 243 g/mol. The van der Waals surface area contributed by atoms with E-state index >= 15 is 0 Å². The molecule has 7 nitrogen and oxygen atoms in total. The van der Waals surface area contributed by atoms with E-state index < -0.39 is 17.8 Å². The topological polar surface area (TPSA) is 79.0 Å². The lowest BCUT2D eigenvalue weighted by molar-refractivity contribution is -0.162. The Bertz CT molecular complexity index is 328. The second kappa shape index (κ2) is 7.39. The Morgan fingerprint density at radius 1 is 1.24 bits per heavy atom. The second-order valence-electron chi connectivity index (χ2n) is 3.16. The fourth-order valence-electron chi connectivity index (χ4n) is 0.728. The smallest absolute Gasteiger partial charge is 0.324 e. The number of hydrogen-bond acceptors (Lipinski definition) is 4. The molecule has 4 amide bonds. The molecule has 0 aliphatic carbocycles. The van der Waals surface area contributed by atoms with Gasteiger partial charge < -0.3 is 4.90 Å². The highest BCUT2D eigenvalue weighted by Crippen LogP contribution is 1.87. The van der Waals surface area contributed by atoms with Crippen molar-refractivity contribution in [3.63, 3.8) is 0 Å². The van der Waals surface area contributed by atoms with Gasteiger partial charge in [0.2, 0.25) is 0 Å². The number of hydrogen-bond donors (Lipinski definition) is 1. The van der Waals surface area contributed by atoms with Crippen LogP contribution < -0.4 is 5.32 Å². The van der Waals surface area contributed by atoms with E-state index in [1.807, 2.05) is 0 Å². The molecule has 0 bridgehead atoms. The molecule has 17 heavy (non-hydrogen) atoms. The first-order valence-electron chi connectivity index (χ1n) is 4.98. The number of likely N-dealkylation sites (N-methyl/N-ethyl adjacent to an activating group) is 1. The summed E-state index contributed by atoms with van der Waals surface area (Å²) in [6.45, 7) is 2.26. The van der Waals surface area contributed by atoms with Crippen LogP contribution in [0.15, 0.2) is 12.2 Å². The molecule has 0 rings (SSSR count). The maximum absolute atomic E-state index is 11.3. The number of nitrogens with zero attached hydrogens (tertiary/aromatic N) is 2. The molecule has 0 aromatic heterocycles. The third-order valence-electron chi connectivity index (χ3n) is 2.01. The molecule has 0 saturated carbocycles. The molecule has 0 aromatic rings. The minimum Gasteiger partial charge on any atom is -0.328 e. The van der Waals surface area contributed by atoms with Gasteiger partial charge in [-0.05, 0) is 6.92 Å². The van der Waals surface area contributed by atoms with Crippen LogP contribution in [0.5, 0.6) is 0 Å². The van der Waals surface area contributed by atoms with Crippen molar-refractivity contribution in [2.24, 2.45) is 0 Å². The zero-order valence-corrected chi connectivity index (χ0v) is 10.4. The first-order valence-corrected chi connectivity index (χ1v) is 4.98. The molecule has 1 N–H and O–H groups in total. The van der Waals surface area contributed by atoms with Gasteiger partial charge in [0.25, 0.3) is 11.8 Å². The zero-order chi connectivity index (χ0) is 13.4. The molecule has 0 atom stereocenters. The van der Waals surface area contributed by atoms with Crippen molar-refractivity contribution < 1.29 is 19.2 Å². The van der Waals surface area contributed by atoms with Crippen LogP contribution in [0.3, 0.4) is 0 Å². The van der Waals surface area contributed by atoms with E-state index in [0.29, 0.717) is 6.54 Å². The Morgan fingerprint density at radius 2 is 1.82 bits per heavy atom. The second-order valence-corrected chi connectivity index (χ2v) is 3.16. The highest BCUT2D eigenvalue weighted by molar-refractivity contribution is 6.03. The summed E-state index contributed by atoms with van der Waals surface area (Å²) < 4.78 is 0. The van der Waals surface area contributed by atoms with E-state index in [9.17, 15) is 14.4 Å². The Kier molecular flexibility index (Phi) is 6.57. The molecule has 0 fully saturated rings. The summed E-state index contributed by atoms with van der Waals surface area (Å²) in [5.74, 6) is -1.16. The highest BCUT2D eigenvalue weighted by Gasteiger charge is 2.09. The van der Waals surface area contributed by atoms with Gasteiger partial charge in [0.15, 0.2) is 0 Å². The van der Waals surface area contributed by atoms with Gasteiger partial charge in [0.05, 0.1) is 7.11 Å². The van der Waals surface area contributed by atoms with Crippen molar-refractivity contribution in [3.05, 3.63) is 12.2 Å². The minimum absolute atomic E-state index is 0.480. The van der Waals surface area contributed by atoms with Crippen LogP contribution in [0.1, 0.15) is 6.92 Å². The maximum atomic E-state index is 11.3. The van der Waals surface area contributed by atoms with Gasteiger partial charge in [-0.3, -0.25) is 19.7 Å². The molecule has 7 heteroatoms. The van der Waals surface area contributed by atoms with Gasteiger partial charge >= 0.3 is 6.03 Å². The van der Waals surface area contributed by atoms with Gasteiger partial charge in [-0.1, -0.05) is 0 Å². The van der Waals surface area contributed by atoms with Crippen molar-refractivity contribution in [2.45, 2.75) is 6.92 Å². The predicted octanol–water partition coefficient (Wildman–Crippen LogP) is -0.250. The van der Waals surface area contributed by atoms with Gasteiger partial charge in [-0.25, -0.2) is 9.86 Å². The van der Waals surface area contributed by atoms with E-state index in [1.54, 1.807) is 14.0 Å². The fraction of sp³-hybridized carbons (Fsp3) is 0.500. The number of carbonyl (C=O) groups is 3. The van der Waals surface area contributed by atoms with Crippen LogP contribution in [0.4, 0.5) is 4.79 Å². The molecular weight excluding hydrogens is 226 g/mol. The van der Waals surface area contributed by atoms with Crippen LogP contribution in [0.2, 0.25) is 0 Å². The van der Waals surface area contributed by atoms with E-state index in [1.165, 1.54) is 19.1 Å². The molecule has 0 aliphatic heterocycles. The van der Waals surface area contributed by atoms with E-state index in [4.69, 9.17) is 0 Å². The molecule has 0 spiro atoms. The Morgan fingerprint density at radius 3 is 2.29 bits per heavy atom. The van der Waals surface area contributed by atoms with Crippen molar-refractivity contribution in [1.29, 1.82) is 0 Å². The molecule has 0 radical (unpaired) electrons. The summed E-state index contributed by atoms with van der Waals surface area (Å²) in [4.78, 5) is 39.6. The highest BCUT2D eigenvalue weighted by atomic mass is 16.7. The minimum atomic E-state index is -0.659. The summed E-state index contributed by atoms with van der Waals surface area (Å²) in [7, 11) is 4.28. The lowest BCUT2D eigenvalue weighted by Gasteiger charge is -2.13. The van der Waals surface area contributed by atoms with Crippen LogP contribution >= 0.6 is 0 Å². The molecule has 0 aromatic carbocycles. The Balaban J connectivity index is 4.23. The number of nitrogens with one attached hydrogen (secondary N) is 1. The molecule has 96 valence electrons. The molecule has 0 saturated heterocycles. The van der Waals surface area contributed by atoms with E-state index in [-0.39, 0.29) is 0 Å². The van der Waals surface area contributed by atoms with Crippen molar-refractivity contribution >= 4 is 17.8 Å². The van der Waals surface area contributed by atoms with Gasteiger partial charge in [0, 0.05) is 32.8 Å². The zero-order valence-electron chi connectivity index (χ0n) is 10.4. The fourth-order valence-corrected chi connectivity index (χ4v) is 0.728. The summed E-state index contributed by atoms with van der Waals surface area (Å²) in [6, 6.07) is -0.519. The lowest BCUT2D eigenvalue weighted by Crippen LogP contribution is -2.39. The molecule has 0 aliphatic rings. The van der Waals surface area contributed by atoms with Crippen molar-refractivity contribution in [3.8, 4) is 0 Å². The first-order chi connectivity index (χ1) is 7.92. The number of amides is 4. The number of imide groups is 1. The predicted molar refractivity (Wildman–Crippen MR) is 60.8 cm³/mol. The standard InChI is InChI=1S/C10H17N3O4/c1-5-12(2)10(16)11-8(14)6-7-9(15)13(3)17-4/h6-7H,5H2,1-4H3,(H,11,14,16)/b7-6+. The third kappa shape index (κ3) is 5.67. The number of hydroxylamine groups is 2. The van der Waals surface area contributed by atoms with Crippen LogP contribution in [-0.2, 0) is 14.4 Å². The Hall–Kier alpha value is -1.89. The first kappa shape index (κ1) is 15.1.